The number of piperazine rings is 1. The Bertz CT molecular complexity index is 1710. The average Bonchev–Trinajstić information content (AvgIpc) is 3.45. The van der Waals surface area contributed by atoms with Crippen molar-refractivity contribution in [2.24, 2.45) is 18.9 Å². The van der Waals surface area contributed by atoms with Gasteiger partial charge in [0.15, 0.2) is 17.4 Å². The quantitative estimate of drug-likeness (QED) is 0.351. The molecule has 3 aromatic rings. The van der Waals surface area contributed by atoms with E-state index in [9.17, 15) is 23.2 Å². The lowest BCUT2D eigenvalue weighted by Gasteiger charge is -2.45. The van der Waals surface area contributed by atoms with Crippen molar-refractivity contribution in [3.05, 3.63) is 64.6 Å². The second kappa shape index (κ2) is 13.8. The molecule has 2 N–H and O–H groups in total. The van der Waals surface area contributed by atoms with Gasteiger partial charge in [0, 0.05) is 82.2 Å². The van der Waals surface area contributed by atoms with E-state index < -0.39 is 17.5 Å². The highest BCUT2D eigenvalue weighted by Gasteiger charge is 2.38. The molecule has 0 aliphatic carbocycles. The molecular weight excluding hydrogens is 644 g/mol. The minimum Gasteiger partial charge on any atom is -0.494 e. The number of likely N-dealkylation sites (tertiary alicyclic amines) is 1. The Morgan fingerprint density at radius 3 is 2.35 bits per heavy atom. The van der Waals surface area contributed by atoms with E-state index >= 15 is 0 Å². The van der Waals surface area contributed by atoms with E-state index in [1.165, 1.54) is 49.7 Å². The lowest BCUT2D eigenvalue weighted by atomic mass is 9.91. The molecule has 0 saturated carbocycles. The van der Waals surface area contributed by atoms with Crippen LogP contribution < -0.4 is 15.4 Å². The van der Waals surface area contributed by atoms with Gasteiger partial charge in [-0.05, 0) is 30.3 Å². The zero-order valence-electron chi connectivity index (χ0n) is 27.4. The van der Waals surface area contributed by atoms with Gasteiger partial charge in [0.2, 0.25) is 11.7 Å². The Morgan fingerprint density at radius 2 is 1.73 bits per heavy atom. The molecular formula is C34H41ClF2N7O4+. The van der Waals surface area contributed by atoms with Gasteiger partial charge in [-0.3, -0.25) is 14.4 Å². The smallest absolute Gasteiger partial charge is 0.291 e. The highest BCUT2D eigenvalue weighted by atomic mass is 35.5. The van der Waals surface area contributed by atoms with Gasteiger partial charge in [-0.1, -0.05) is 11.6 Å². The molecule has 0 bridgehead atoms. The van der Waals surface area contributed by atoms with Gasteiger partial charge in [-0.15, -0.1) is 0 Å². The topological polar surface area (TPSA) is 109 Å². The van der Waals surface area contributed by atoms with Crippen molar-refractivity contribution in [3.63, 3.8) is 0 Å². The molecule has 1 aromatic heterocycles. The predicted molar refractivity (Wildman–Crippen MR) is 177 cm³/mol. The molecule has 2 aromatic carbocycles. The van der Waals surface area contributed by atoms with Crippen LogP contribution in [-0.2, 0) is 11.8 Å². The fraction of sp³-hybridized carbons (Fsp3) is 0.471. The summed E-state index contributed by atoms with van der Waals surface area (Å²) in [7, 11) is 5.06. The Kier molecular flexibility index (Phi) is 9.73. The molecule has 4 heterocycles. The molecule has 3 amide bonds. The minimum absolute atomic E-state index is 0.0409. The number of benzene rings is 2. The number of ether oxygens (including phenoxy) is 1. The van der Waals surface area contributed by atoms with E-state index in [0.717, 1.165) is 49.4 Å². The van der Waals surface area contributed by atoms with Crippen molar-refractivity contribution in [1.29, 1.82) is 0 Å². The van der Waals surface area contributed by atoms with Gasteiger partial charge < -0.3 is 34.2 Å². The summed E-state index contributed by atoms with van der Waals surface area (Å²) in [4.78, 5) is 47.5. The molecule has 3 aliphatic heterocycles. The Labute approximate surface area is 283 Å². The number of methoxy groups -OCH3 is 1. The number of carbonyl (C=O) groups is 3. The van der Waals surface area contributed by atoms with E-state index in [-0.39, 0.29) is 51.1 Å². The van der Waals surface area contributed by atoms with E-state index in [1.807, 2.05) is 4.90 Å². The second-order valence-corrected chi connectivity index (χ2v) is 13.7. The van der Waals surface area contributed by atoms with Crippen LogP contribution in [0.2, 0.25) is 5.02 Å². The van der Waals surface area contributed by atoms with Gasteiger partial charge in [-0.2, -0.15) is 4.39 Å². The molecule has 14 heteroatoms. The maximum Gasteiger partial charge on any atom is 0.291 e. The zero-order valence-corrected chi connectivity index (χ0v) is 28.2. The van der Waals surface area contributed by atoms with Gasteiger partial charge >= 0.3 is 0 Å². The molecule has 6 rings (SSSR count). The largest absolute Gasteiger partial charge is 0.494 e. The van der Waals surface area contributed by atoms with Crippen molar-refractivity contribution in [2.75, 3.05) is 78.4 Å². The molecule has 3 aliphatic rings. The Hall–Kier alpha value is -4.07. The third kappa shape index (κ3) is 6.76. The minimum atomic E-state index is -1.14. The normalized spacial score (nSPS) is 21.5. The van der Waals surface area contributed by atoms with Gasteiger partial charge in [-0.25, -0.2) is 9.37 Å². The third-order valence-corrected chi connectivity index (χ3v) is 10.3. The molecule has 11 nitrogen and oxygen atoms in total. The maximum atomic E-state index is 14.7. The number of carbonyl (C=O) groups excluding carboxylic acids is 3. The molecule has 3 saturated heterocycles. The van der Waals surface area contributed by atoms with Crippen LogP contribution in [0.1, 0.15) is 33.8 Å². The molecule has 0 radical (unpaired) electrons. The monoisotopic (exact) mass is 684 g/mol. The molecule has 48 heavy (non-hydrogen) atoms. The van der Waals surface area contributed by atoms with Gasteiger partial charge in [0.25, 0.3) is 11.8 Å². The van der Waals surface area contributed by atoms with E-state index in [4.69, 9.17) is 16.3 Å². The number of nitrogens with one attached hydrogen (secondary N) is 2. The fourth-order valence-corrected chi connectivity index (χ4v) is 7.25. The number of anilines is 1. The number of rotatable bonds is 8. The molecule has 0 unspecified atom stereocenters. The average molecular weight is 685 g/mol. The van der Waals surface area contributed by atoms with E-state index in [0.29, 0.717) is 31.9 Å². The summed E-state index contributed by atoms with van der Waals surface area (Å²) in [5.41, 5.74) is 0.733. The summed E-state index contributed by atoms with van der Waals surface area (Å²) < 4.78 is 36.2. The zero-order chi connectivity index (χ0) is 34.2. The molecule has 3 fully saturated rings. The summed E-state index contributed by atoms with van der Waals surface area (Å²) in [6, 6.07) is 7.24. The summed E-state index contributed by atoms with van der Waals surface area (Å²) in [6.07, 6.45) is 3.08. The number of nitrogens with zero attached hydrogens (tertiary/aromatic N) is 5. The Balaban J connectivity index is 1.02. The van der Waals surface area contributed by atoms with Crippen LogP contribution in [0.15, 0.2) is 36.5 Å². The summed E-state index contributed by atoms with van der Waals surface area (Å²) in [6.45, 7) is 7.19. The standard InChI is InChI=1S/C34H40ClF2N7O4/c1-41-27(25-6-7-28(48-3)30(37)29(25)36)19-39-31(41)32(45)40-23-4-5-24(26(35)16-23)34(47)43-12-10-42(11-13-43)33(46)22-8-14-44(2,15-9-22)20-21-17-38-18-21/h4-7,16,19,21-22,38H,8-15,17-18,20H2,1-3H3/p+1. The van der Waals surface area contributed by atoms with Gasteiger partial charge in [0.1, 0.15) is 0 Å². The predicted octanol–water partition coefficient (Wildman–Crippen LogP) is 3.64. The number of quaternary nitrogens is 1. The Morgan fingerprint density at radius 1 is 1.04 bits per heavy atom. The second-order valence-electron chi connectivity index (χ2n) is 13.3. The highest BCUT2D eigenvalue weighted by molar-refractivity contribution is 6.34. The van der Waals surface area contributed by atoms with Crippen LogP contribution in [0.5, 0.6) is 5.75 Å². The number of halogens is 3. The third-order valence-electron chi connectivity index (χ3n) is 10.0. The lowest BCUT2D eigenvalue weighted by molar-refractivity contribution is -0.918. The first-order valence-corrected chi connectivity index (χ1v) is 16.6. The van der Waals surface area contributed by atoms with Crippen molar-refractivity contribution in [1.82, 2.24) is 24.7 Å². The fourth-order valence-electron chi connectivity index (χ4n) is 6.99. The van der Waals surface area contributed by atoms with Crippen molar-refractivity contribution < 1.29 is 32.4 Å². The van der Waals surface area contributed by atoms with Gasteiger partial charge in [0.05, 0.1) is 56.3 Å². The SMILES string of the molecule is COc1ccc(-c2cnc(C(=O)Nc3ccc(C(=O)N4CCN(C(=O)C5CC[N+](C)(CC6CNC6)CC5)CC4)c(Cl)c3)n2C)c(F)c1F. The maximum absolute atomic E-state index is 14.7. The van der Waals surface area contributed by atoms with E-state index in [2.05, 4.69) is 22.7 Å². The summed E-state index contributed by atoms with van der Waals surface area (Å²) in [5, 5.41) is 6.20. The lowest BCUT2D eigenvalue weighted by Crippen LogP contribution is -2.59. The van der Waals surface area contributed by atoms with Crippen molar-refractivity contribution in [3.8, 4) is 17.0 Å². The van der Waals surface area contributed by atoms with Crippen LogP contribution in [0, 0.1) is 23.5 Å². The molecule has 256 valence electrons. The number of imidazole rings is 1. The first kappa shape index (κ1) is 33.8. The number of amides is 3. The molecule has 0 atom stereocenters. The summed E-state index contributed by atoms with van der Waals surface area (Å²) >= 11 is 6.52. The van der Waals surface area contributed by atoms with Crippen molar-refractivity contribution >= 4 is 35.0 Å². The van der Waals surface area contributed by atoms with Crippen LogP contribution in [0.25, 0.3) is 11.3 Å². The van der Waals surface area contributed by atoms with Crippen LogP contribution in [0.4, 0.5) is 14.5 Å². The first-order valence-electron chi connectivity index (χ1n) is 16.3. The highest BCUT2D eigenvalue weighted by Crippen LogP contribution is 2.31. The number of piperidine rings is 1. The van der Waals surface area contributed by atoms with Crippen LogP contribution >= 0.6 is 11.6 Å². The summed E-state index contributed by atoms with van der Waals surface area (Å²) in [5.74, 6) is -2.41. The van der Waals surface area contributed by atoms with Crippen LogP contribution in [0.3, 0.4) is 0 Å². The number of aromatic nitrogens is 2. The molecule has 0 spiro atoms. The van der Waals surface area contributed by atoms with Crippen molar-refractivity contribution in [2.45, 2.75) is 12.8 Å². The van der Waals surface area contributed by atoms with Crippen LogP contribution in [-0.4, -0.2) is 115 Å². The van der Waals surface area contributed by atoms with E-state index in [1.54, 1.807) is 17.0 Å². The number of hydrogen-bond acceptors (Lipinski definition) is 6. The number of hydrogen-bond donors (Lipinski definition) is 2. The first-order chi connectivity index (χ1) is 23.0.